The van der Waals surface area contributed by atoms with Gasteiger partial charge in [0.15, 0.2) is 15.6 Å². The van der Waals surface area contributed by atoms with E-state index in [0.717, 1.165) is 12.1 Å². The number of sulfone groups is 1. The molecule has 2 aromatic heterocycles. The van der Waals surface area contributed by atoms with Crippen molar-refractivity contribution in [2.24, 2.45) is 0 Å². The van der Waals surface area contributed by atoms with E-state index in [0.29, 0.717) is 5.75 Å². The SMILES string of the molecule is COc1ccc(S(=O)(=O)Cc2ccc(-c3nc(-c4cccc(C(F)(F)F)c4)no3)o2)cc1. The largest absolute Gasteiger partial charge is 0.497 e. The summed E-state index contributed by atoms with van der Waals surface area (Å²) in [7, 11) is -2.21. The Hall–Kier alpha value is -3.60. The molecule has 4 rings (SSSR count). The predicted octanol–water partition coefficient (Wildman–Crippen LogP) is 5.00. The Balaban J connectivity index is 1.54. The van der Waals surface area contributed by atoms with Crippen molar-refractivity contribution in [1.82, 2.24) is 10.1 Å². The first kappa shape index (κ1) is 21.6. The van der Waals surface area contributed by atoms with Crippen molar-refractivity contribution in [2.75, 3.05) is 7.11 Å². The molecule has 0 radical (unpaired) electrons. The smallest absolute Gasteiger partial charge is 0.416 e. The molecule has 0 fully saturated rings. The molecule has 2 aromatic carbocycles. The third-order valence-corrected chi connectivity index (χ3v) is 6.15. The Bertz CT molecular complexity index is 1340. The average molecular weight is 464 g/mol. The zero-order chi connectivity index (χ0) is 22.9. The lowest BCUT2D eigenvalue weighted by atomic mass is 10.1. The van der Waals surface area contributed by atoms with Crippen molar-refractivity contribution < 1.29 is 35.3 Å². The number of furan rings is 1. The van der Waals surface area contributed by atoms with E-state index in [-0.39, 0.29) is 33.7 Å². The van der Waals surface area contributed by atoms with Crippen molar-refractivity contribution in [3.05, 3.63) is 72.0 Å². The molecule has 4 aromatic rings. The Morgan fingerprint density at radius 1 is 1.03 bits per heavy atom. The molecule has 0 unspecified atom stereocenters. The molecule has 32 heavy (non-hydrogen) atoms. The van der Waals surface area contributed by atoms with Crippen molar-refractivity contribution >= 4 is 9.84 Å². The van der Waals surface area contributed by atoms with Crippen LogP contribution in [0.3, 0.4) is 0 Å². The summed E-state index contributed by atoms with van der Waals surface area (Å²) in [5.74, 6) is 0.191. The summed E-state index contributed by atoms with van der Waals surface area (Å²) in [6.45, 7) is 0. The Morgan fingerprint density at radius 2 is 1.78 bits per heavy atom. The van der Waals surface area contributed by atoms with E-state index < -0.39 is 27.3 Å². The molecule has 166 valence electrons. The van der Waals surface area contributed by atoms with E-state index in [1.807, 2.05) is 0 Å². The first-order valence-corrected chi connectivity index (χ1v) is 10.8. The van der Waals surface area contributed by atoms with E-state index in [1.54, 1.807) is 0 Å². The van der Waals surface area contributed by atoms with Crippen LogP contribution in [0.2, 0.25) is 0 Å². The van der Waals surface area contributed by atoms with Crippen LogP contribution in [-0.2, 0) is 21.8 Å². The highest BCUT2D eigenvalue weighted by atomic mass is 32.2. The minimum atomic E-state index is -4.51. The molecule has 0 atom stereocenters. The minimum Gasteiger partial charge on any atom is -0.497 e. The van der Waals surface area contributed by atoms with Crippen molar-refractivity contribution in [3.63, 3.8) is 0 Å². The summed E-state index contributed by atoms with van der Waals surface area (Å²) in [4.78, 5) is 4.16. The molecular weight excluding hydrogens is 449 g/mol. The number of hydrogen-bond acceptors (Lipinski definition) is 7. The van der Waals surface area contributed by atoms with E-state index in [9.17, 15) is 21.6 Å². The van der Waals surface area contributed by atoms with E-state index in [2.05, 4.69) is 10.1 Å². The normalized spacial score (nSPS) is 12.1. The Morgan fingerprint density at radius 3 is 2.47 bits per heavy atom. The highest BCUT2D eigenvalue weighted by molar-refractivity contribution is 7.90. The van der Waals surface area contributed by atoms with Gasteiger partial charge in [0.2, 0.25) is 5.82 Å². The third kappa shape index (κ3) is 4.52. The highest BCUT2D eigenvalue weighted by Gasteiger charge is 2.31. The molecule has 7 nitrogen and oxygen atoms in total. The van der Waals surface area contributed by atoms with Crippen LogP contribution < -0.4 is 4.74 Å². The van der Waals surface area contributed by atoms with Crippen molar-refractivity contribution in [1.29, 1.82) is 0 Å². The van der Waals surface area contributed by atoms with Gasteiger partial charge in [-0.3, -0.25) is 0 Å². The number of alkyl halides is 3. The minimum absolute atomic E-state index is 0.0603. The molecule has 0 N–H and O–H groups in total. The molecule has 11 heteroatoms. The third-order valence-electron chi connectivity index (χ3n) is 4.50. The number of nitrogens with zero attached hydrogens (tertiary/aromatic N) is 2. The van der Waals surface area contributed by atoms with Crippen LogP contribution in [-0.4, -0.2) is 25.7 Å². The highest BCUT2D eigenvalue weighted by Crippen LogP contribution is 2.32. The Kier molecular flexibility index (Phi) is 5.51. The fraction of sp³-hybridized carbons (Fsp3) is 0.143. The van der Waals surface area contributed by atoms with Crippen LogP contribution in [0.25, 0.3) is 23.0 Å². The van der Waals surface area contributed by atoms with Crippen molar-refractivity contribution in [3.8, 4) is 28.8 Å². The summed E-state index contributed by atoms with van der Waals surface area (Å²) in [5.41, 5.74) is -0.728. The molecule has 0 saturated carbocycles. The first-order chi connectivity index (χ1) is 15.2. The summed E-state index contributed by atoms with van der Waals surface area (Å²) in [6, 6.07) is 13.3. The van der Waals surface area contributed by atoms with Gasteiger partial charge in [-0.25, -0.2) is 8.42 Å². The standard InChI is InChI=1S/C21H15F3N2O5S/c1-29-15-5-8-17(9-6-15)32(27,28)12-16-7-10-18(30-16)20-25-19(26-31-20)13-3-2-4-14(11-13)21(22,23)24/h2-11H,12H2,1H3. The quantitative estimate of drug-likeness (QED) is 0.396. The van der Waals surface area contributed by atoms with Gasteiger partial charge in [-0.15, -0.1) is 0 Å². The molecule has 0 saturated heterocycles. The van der Waals surface area contributed by atoms with Gasteiger partial charge in [-0.1, -0.05) is 17.3 Å². The zero-order valence-electron chi connectivity index (χ0n) is 16.5. The van der Waals surface area contributed by atoms with Crippen molar-refractivity contribution in [2.45, 2.75) is 16.8 Å². The molecular formula is C21H15F3N2O5S. The first-order valence-electron chi connectivity index (χ1n) is 9.13. The van der Waals surface area contributed by atoms with Gasteiger partial charge in [0, 0.05) is 5.56 Å². The lowest BCUT2D eigenvalue weighted by Crippen LogP contribution is -2.04. The maximum atomic E-state index is 12.9. The van der Waals surface area contributed by atoms with Crippen LogP contribution in [0.1, 0.15) is 11.3 Å². The molecule has 0 amide bonds. The van der Waals surface area contributed by atoms with Gasteiger partial charge in [-0.05, 0) is 48.5 Å². The molecule has 2 heterocycles. The number of hydrogen-bond donors (Lipinski definition) is 0. The summed E-state index contributed by atoms with van der Waals surface area (Å²) in [6.07, 6.45) is -4.51. The maximum absolute atomic E-state index is 12.9. The summed E-state index contributed by atoms with van der Waals surface area (Å²) >= 11 is 0. The molecule has 0 bridgehead atoms. The van der Waals surface area contributed by atoms with Gasteiger partial charge >= 0.3 is 6.18 Å². The van der Waals surface area contributed by atoms with Gasteiger partial charge in [0.25, 0.3) is 5.89 Å². The van der Waals surface area contributed by atoms with Crippen LogP contribution in [0.5, 0.6) is 5.75 Å². The molecule has 0 aliphatic carbocycles. The number of methoxy groups -OCH3 is 1. The van der Waals surface area contributed by atoms with Crippen LogP contribution in [0.15, 0.2) is 74.5 Å². The van der Waals surface area contributed by atoms with E-state index >= 15 is 0 Å². The number of aromatic nitrogens is 2. The fourth-order valence-corrected chi connectivity index (χ4v) is 4.15. The second-order valence-corrected chi connectivity index (χ2v) is 8.69. The topological polar surface area (TPSA) is 95.4 Å². The lowest BCUT2D eigenvalue weighted by molar-refractivity contribution is -0.137. The number of ether oxygens (including phenoxy) is 1. The Labute approximate surface area is 180 Å². The van der Waals surface area contributed by atoms with Gasteiger partial charge < -0.3 is 13.7 Å². The maximum Gasteiger partial charge on any atom is 0.416 e. The second-order valence-electron chi connectivity index (χ2n) is 6.70. The van der Waals surface area contributed by atoms with Gasteiger partial charge in [-0.2, -0.15) is 18.2 Å². The van der Waals surface area contributed by atoms with E-state index in [4.69, 9.17) is 13.7 Å². The monoisotopic (exact) mass is 464 g/mol. The fourth-order valence-electron chi connectivity index (χ4n) is 2.90. The number of halogens is 3. The number of rotatable bonds is 6. The average Bonchev–Trinajstić information content (AvgIpc) is 3.43. The van der Waals surface area contributed by atoms with Crippen LogP contribution in [0.4, 0.5) is 13.2 Å². The van der Waals surface area contributed by atoms with Gasteiger partial charge in [0.1, 0.15) is 17.3 Å². The molecule has 0 aliphatic heterocycles. The van der Waals surface area contributed by atoms with E-state index in [1.165, 1.54) is 55.6 Å². The predicted molar refractivity (Wildman–Crippen MR) is 106 cm³/mol. The lowest BCUT2D eigenvalue weighted by Gasteiger charge is -2.06. The van der Waals surface area contributed by atoms with Crippen LogP contribution >= 0.6 is 0 Å². The zero-order valence-corrected chi connectivity index (χ0v) is 17.3. The summed E-state index contributed by atoms with van der Waals surface area (Å²) in [5, 5.41) is 3.69. The van der Waals surface area contributed by atoms with Crippen LogP contribution in [0, 0.1) is 0 Å². The molecule has 0 aliphatic rings. The number of benzene rings is 2. The summed E-state index contributed by atoms with van der Waals surface area (Å²) < 4.78 is 79.6. The molecule has 0 spiro atoms. The van der Waals surface area contributed by atoms with Gasteiger partial charge in [0.05, 0.1) is 17.6 Å². The second kappa shape index (κ2) is 8.15.